The van der Waals surface area contributed by atoms with Crippen LogP contribution in [0.3, 0.4) is 0 Å². The van der Waals surface area contributed by atoms with Crippen molar-refractivity contribution in [3.8, 4) is 5.75 Å². The van der Waals surface area contributed by atoms with Crippen molar-refractivity contribution in [2.45, 2.75) is 66.2 Å². The van der Waals surface area contributed by atoms with E-state index in [4.69, 9.17) is 9.47 Å². The van der Waals surface area contributed by atoms with Gasteiger partial charge in [-0.05, 0) is 63.5 Å². The molecule has 2 aromatic carbocycles. The van der Waals surface area contributed by atoms with Gasteiger partial charge < -0.3 is 14.8 Å². The highest BCUT2D eigenvalue weighted by Crippen LogP contribution is 2.55. The van der Waals surface area contributed by atoms with Crippen LogP contribution in [0.5, 0.6) is 5.75 Å². The molecule has 0 aromatic heterocycles. The number of amides is 1. The van der Waals surface area contributed by atoms with E-state index < -0.39 is 5.92 Å². The van der Waals surface area contributed by atoms with Gasteiger partial charge in [-0.3, -0.25) is 14.4 Å². The summed E-state index contributed by atoms with van der Waals surface area (Å²) in [5, 5.41) is 2.87. The van der Waals surface area contributed by atoms with Gasteiger partial charge in [0.15, 0.2) is 18.2 Å². The maximum atomic E-state index is 13.7. The Balaban J connectivity index is 1.58. The van der Waals surface area contributed by atoms with Crippen LogP contribution in [0.2, 0.25) is 0 Å². The first kappa shape index (κ1) is 28.8. The van der Waals surface area contributed by atoms with Crippen molar-refractivity contribution >= 4 is 55.0 Å². The van der Waals surface area contributed by atoms with Crippen molar-refractivity contribution < 1.29 is 23.9 Å². The average Bonchev–Trinajstić information content (AvgIpc) is 2.80. The Hall–Kier alpha value is -2.71. The third-order valence-electron chi connectivity index (χ3n) is 7.58. The Kier molecular flexibility index (Phi) is 7.64. The first-order valence-electron chi connectivity index (χ1n) is 13.4. The summed E-state index contributed by atoms with van der Waals surface area (Å²) in [6.07, 6.45) is 1.91. The Labute approximate surface area is 251 Å². The van der Waals surface area contributed by atoms with Crippen molar-refractivity contribution in [1.82, 2.24) is 0 Å². The van der Waals surface area contributed by atoms with Gasteiger partial charge in [0.05, 0.1) is 10.4 Å². The van der Waals surface area contributed by atoms with E-state index in [1.807, 2.05) is 43.3 Å². The van der Waals surface area contributed by atoms with Crippen molar-refractivity contribution in [3.05, 3.63) is 79.1 Å². The summed E-state index contributed by atoms with van der Waals surface area (Å²) in [5.74, 6) is 0.672. The lowest BCUT2D eigenvalue weighted by Crippen LogP contribution is -2.37. The van der Waals surface area contributed by atoms with E-state index >= 15 is 0 Å². The smallest absolute Gasteiger partial charge is 0.262 e. The van der Waals surface area contributed by atoms with Crippen molar-refractivity contribution in [3.63, 3.8) is 0 Å². The van der Waals surface area contributed by atoms with Gasteiger partial charge in [-0.2, -0.15) is 0 Å². The minimum atomic E-state index is -0.644. The van der Waals surface area contributed by atoms with E-state index in [-0.39, 0.29) is 34.9 Å². The highest BCUT2D eigenvalue weighted by atomic mass is 79.9. The predicted molar refractivity (Wildman–Crippen MR) is 161 cm³/mol. The zero-order valence-corrected chi connectivity index (χ0v) is 26.5. The van der Waals surface area contributed by atoms with Gasteiger partial charge in [-0.15, -0.1) is 0 Å². The van der Waals surface area contributed by atoms with Gasteiger partial charge in [0.1, 0.15) is 17.3 Å². The number of Topliss-reactive ketones (excluding diaryl/α,β-unsaturated/α-hetero) is 2. The maximum Gasteiger partial charge on any atom is 0.262 e. The van der Waals surface area contributed by atoms with Gasteiger partial charge in [-0.1, -0.05) is 55.8 Å². The van der Waals surface area contributed by atoms with E-state index in [1.165, 1.54) is 0 Å². The molecule has 2 aliphatic carbocycles. The Morgan fingerprint density at radius 1 is 0.950 bits per heavy atom. The number of allylic oxidation sites excluding steroid dienone is 4. The molecular weight excluding hydrogens is 638 g/mol. The summed E-state index contributed by atoms with van der Waals surface area (Å²) in [6.45, 7) is 9.95. The number of hydrogen-bond donors (Lipinski definition) is 1. The highest BCUT2D eigenvalue weighted by Gasteiger charge is 2.48. The van der Waals surface area contributed by atoms with Crippen LogP contribution in [0.25, 0.3) is 0 Å². The number of nitrogens with one attached hydrogen (secondary N) is 1. The minimum Gasteiger partial charge on any atom is -0.482 e. The largest absolute Gasteiger partial charge is 0.482 e. The fraction of sp³-hybridized carbons (Fsp3) is 0.406. The summed E-state index contributed by atoms with van der Waals surface area (Å²) in [4.78, 5) is 40.3. The molecule has 6 nitrogen and oxygen atoms in total. The number of carbonyl (C=O) groups is 3. The second kappa shape index (κ2) is 10.6. The number of ether oxygens (including phenoxy) is 2. The lowest BCUT2D eigenvalue weighted by Gasteiger charge is -2.43. The van der Waals surface area contributed by atoms with Gasteiger partial charge in [0.2, 0.25) is 0 Å². The standard InChI is InChI=1S/C32H33Br2NO5/c1-17-7-6-8-19(9-17)35-26(38)16-39-30-20(10-18(33)11-21(30)34)27-28-22(36)12-31(2,3)14-24(28)40-25-15-32(4,5)13-23(37)29(25)27/h6-11,27H,12-16H2,1-5H3,(H,35,38). The van der Waals surface area contributed by atoms with Crippen LogP contribution in [-0.4, -0.2) is 24.1 Å². The zero-order valence-electron chi connectivity index (χ0n) is 23.4. The number of rotatable bonds is 5. The third-order valence-corrected chi connectivity index (χ3v) is 8.63. The number of ketones is 2. The molecule has 1 aliphatic heterocycles. The van der Waals surface area contributed by atoms with Crippen LogP contribution in [0.15, 0.2) is 68.0 Å². The predicted octanol–water partition coefficient (Wildman–Crippen LogP) is 7.94. The number of anilines is 1. The van der Waals surface area contributed by atoms with E-state index in [0.717, 1.165) is 10.0 Å². The molecule has 40 heavy (non-hydrogen) atoms. The monoisotopic (exact) mass is 669 g/mol. The fourth-order valence-corrected chi connectivity index (χ4v) is 7.36. The summed E-state index contributed by atoms with van der Waals surface area (Å²) < 4.78 is 14.0. The van der Waals surface area contributed by atoms with E-state index in [2.05, 4.69) is 64.9 Å². The molecule has 2 aromatic rings. The molecule has 0 spiro atoms. The molecule has 0 saturated carbocycles. The van der Waals surface area contributed by atoms with Crippen molar-refractivity contribution in [2.24, 2.45) is 10.8 Å². The summed E-state index contributed by atoms with van der Waals surface area (Å²) >= 11 is 7.20. The molecule has 0 atom stereocenters. The first-order chi connectivity index (χ1) is 18.7. The Morgan fingerprint density at radius 3 is 2.12 bits per heavy atom. The van der Waals surface area contributed by atoms with Crippen LogP contribution >= 0.6 is 31.9 Å². The molecule has 0 radical (unpaired) electrons. The van der Waals surface area contributed by atoms with Gasteiger partial charge in [0.25, 0.3) is 5.91 Å². The van der Waals surface area contributed by atoms with Crippen LogP contribution in [0.1, 0.15) is 70.4 Å². The quantitative estimate of drug-likeness (QED) is 0.349. The van der Waals surface area contributed by atoms with Gasteiger partial charge in [0, 0.05) is 52.6 Å². The van der Waals surface area contributed by atoms with E-state index in [1.54, 1.807) is 0 Å². The number of halogens is 2. The molecule has 1 N–H and O–H groups in total. The molecule has 1 heterocycles. The van der Waals surface area contributed by atoms with Gasteiger partial charge >= 0.3 is 0 Å². The number of carbonyl (C=O) groups excluding carboxylic acids is 3. The summed E-state index contributed by atoms with van der Waals surface area (Å²) in [6, 6.07) is 11.3. The van der Waals surface area contributed by atoms with Crippen LogP contribution < -0.4 is 10.1 Å². The van der Waals surface area contributed by atoms with Crippen LogP contribution in [-0.2, 0) is 19.1 Å². The number of hydrogen-bond acceptors (Lipinski definition) is 5. The van der Waals surface area contributed by atoms with Gasteiger partial charge in [-0.25, -0.2) is 0 Å². The molecule has 0 saturated heterocycles. The SMILES string of the molecule is Cc1cccc(NC(=O)COc2c(Br)cc(Br)cc2C2C3=C(CC(C)(C)CC3=O)OC3=C2C(=O)CC(C)(C)C3)c1. The molecule has 210 valence electrons. The Morgan fingerprint density at radius 2 is 1.55 bits per heavy atom. The molecule has 5 rings (SSSR count). The summed E-state index contributed by atoms with van der Waals surface area (Å²) in [7, 11) is 0. The molecule has 3 aliphatic rings. The number of aryl methyl sites for hydroxylation is 1. The minimum absolute atomic E-state index is 0.0281. The third kappa shape index (κ3) is 5.84. The number of benzene rings is 2. The second-order valence-electron chi connectivity index (χ2n) is 12.6. The topological polar surface area (TPSA) is 81.7 Å². The molecule has 0 fully saturated rings. The second-order valence-corrected chi connectivity index (χ2v) is 14.4. The molecule has 0 bridgehead atoms. The van der Waals surface area contributed by atoms with Crippen LogP contribution in [0.4, 0.5) is 5.69 Å². The lowest BCUT2D eigenvalue weighted by molar-refractivity contribution is -0.121. The summed E-state index contributed by atoms with van der Waals surface area (Å²) in [5.41, 5.74) is 2.90. The molecular formula is C32H33Br2NO5. The lowest BCUT2D eigenvalue weighted by atomic mass is 9.65. The van der Waals surface area contributed by atoms with Crippen molar-refractivity contribution in [1.29, 1.82) is 0 Å². The molecule has 1 amide bonds. The highest BCUT2D eigenvalue weighted by molar-refractivity contribution is 9.11. The normalized spacial score (nSPS) is 20.1. The van der Waals surface area contributed by atoms with Crippen molar-refractivity contribution in [2.75, 3.05) is 11.9 Å². The fourth-order valence-electron chi connectivity index (χ4n) is 5.99. The maximum absolute atomic E-state index is 13.7. The zero-order chi connectivity index (χ0) is 29.0. The molecule has 8 heteroatoms. The van der Waals surface area contributed by atoms with E-state index in [9.17, 15) is 14.4 Å². The van der Waals surface area contributed by atoms with E-state index in [0.29, 0.717) is 69.8 Å². The molecule has 0 unspecified atom stereocenters. The first-order valence-corrected chi connectivity index (χ1v) is 15.0. The van der Waals surface area contributed by atoms with Crippen LogP contribution in [0, 0.1) is 17.8 Å². The Bertz CT molecular complexity index is 1450. The average molecular weight is 671 g/mol.